The van der Waals surface area contributed by atoms with Gasteiger partial charge < -0.3 is 9.64 Å². The number of hydrogen-bond acceptors (Lipinski definition) is 3. The molecule has 0 unspecified atom stereocenters. The Hall–Kier alpha value is -0.570. The van der Waals surface area contributed by atoms with Crippen molar-refractivity contribution < 1.29 is 9.53 Å². The second-order valence-electron chi connectivity index (χ2n) is 4.06. The molecule has 0 amide bonds. The van der Waals surface area contributed by atoms with Crippen LogP contribution in [0.2, 0.25) is 0 Å². The molecule has 1 saturated heterocycles. The Labute approximate surface area is 86.4 Å². The Morgan fingerprint density at radius 3 is 2.93 bits per heavy atom. The van der Waals surface area contributed by atoms with Crippen LogP contribution in [0.1, 0.15) is 39.0 Å². The maximum atomic E-state index is 11.2. The normalized spacial score (nSPS) is 22.6. The van der Waals surface area contributed by atoms with Crippen molar-refractivity contribution in [2.75, 3.05) is 20.2 Å². The fourth-order valence-electron chi connectivity index (χ4n) is 1.77. The molecule has 0 radical (unpaired) electrons. The van der Waals surface area contributed by atoms with Gasteiger partial charge in [-0.25, -0.2) is 0 Å². The zero-order chi connectivity index (χ0) is 10.4. The third-order valence-corrected chi connectivity index (χ3v) is 2.84. The molecule has 1 atom stereocenters. The van der Waals surface area contributed by atoms with E-state index in [9.17, 15) is 4.79 Å². The van der Waals surface area contributed by atoms with Crippen molar-refractivity contribution in [2.24, 2.45) is 0 Å². The van der Waals surface area contributed by atoms with Crippen molar-refractivity contribution in [3.8, 4) is 0 Å². The molecule has 1 rings (SSSR count). The second kappa shape index (κ2) is 6.02. The van der Waals surface area contributed by atoms with Gasteiger partial charge in [0.05, 0.1) is 0 Å². The number of carbonyl (C=O) groups excluding carboxylic acids is 1. The van der Waals surface area contributed by atoms with Crippen LogP contribution >= 0.6 is 0 Å². The average molecular weight is 199 g/mol. The van der Waals surface area contributed by atoms with E-state index >= 15 is 0 Å². The summed E-state index contributed by atoms with van der Waals surface area (Å²) in [6, 6.07) is 0.459. The first-order valence-corrected chi connectivity index (χ1v) is 5.60. The van der Waals surface area contributed by atoms with Crippen molar-refractivity contribution in [1.29, 1.82) is 0 Å². The number of nitrogens with zero attached hydrogens (tertiary/aromatic N) is 1. The summed E-state index contributed by atoms with van der Waals surface area (Å²) in [5.41, 5.74) is 0. The molecule has 0 N–H and O–H groups in total. The molecule has 82 valence electrons. The predicted molar refractivity (Wildman–Crippen MR) is 56.1 cm³/mol. The van der Waals surface area contributed by atoms with E-state index in [4.69, 9.17) is 4.74 Å². The minimum atomic E-state index is -0.0350. The fourth-order valence-corrected chi connectivity index (χ4v) is 1.77. The van der Waals surface area contributed by atoms with Gasteiger partial charge in [-0.05, 0) is 32.9 Å². The van der Waals surface area contributed by atoms with Crippen LogP contribution in [0.15, 0.2) is 0 Å². The lowest BCUT2D eigenvalue weighted by molar-refractivity contribution is -0.145. The predicted octanol–water partition coefficient (Wildman–Crippen LogP) is 1.81. The van der Waals surface area contributed by atoms with E-state index in [2.05, 4.69) is 18.9 Å². The molecule has 0 saturated carbocycles. The van der Waals surface area contributed by atoms with E-state index in [-0.39, 0.29) is 5.97 Å². The minimum absolute atomic E-state index is 0.0350. The highest BCUT2D eigenvalue weighted by atomic mass is 16.5. The number of likely N-dealkylation sites (tertiary alicyclic amines) is 1. The Morgan fingerprint density at radius 1 is 1.57 bits per heavy atom. The summed E-state index contributed by atoms with van der Waals surface area (Å²) in [6.45, 7) is 3.80. The van der Waals surface area contributed by atoms with Gasteiger partial charge in [0.25, 0.3) is 0 Å². The number of esters is 1. The number of ether oxygens (including phenoxy) is 1. The molecule has 1 fully saturated rings. The van der Waals surface area contributed by atoms with Crippen molar-refractivity contribution in [3.63, 3.8) is 0 Å². The molecule has 1 aliphatic rings. The highest BCUT2D eigenvalue weighted by molar-refractivity contribution is 5.69. The molecule has 0 aliphatic carbocycles. The standard InChI is InChI=1S/C11H21NO2/c1-3-4-7-11(13)14-9-10-6-5-8-12(10)2/h10H,3-9H2,1-2H3/t10-/m1/s1. The summed E-state index contributed by atoms with van der Waals surface area (Å²) in [5.74, 6) is -0.0350. The van der Waals surface area contributed by atoms with Crippen LogP contribution in [0.3, 0.4) is 0 Å². The monoisotopic (exact) mass is 199 g/mol. The Morgan fingerprint density at radius 2 is 2.36 bits per heavy atom. The van der Waals surface area contributed by atoms with Gasteiger partial charge in [-0.15, -0.1) is 0 Å². The number of carbonyl (C=O) groups is 1. The molecular weight excluding hydrogens is 178 g/mol. The van der Waals surface area contributed by atoms with Crippen LogP contribution in [-0.2, 0) is 9.53 Å². The van der Waals surface area contributed by atoms with Crippen LogP contribution in [0.5, 0.6) is 0 Å². The van der Waals surface area contributed by atoms with E-state index in [0.717, 1.165) is 25.8 Å². The zero-order valence-corrected chi connectivity index (χ0v) is 9.29. The van der Waals surface area contributed by atoms with E-state index in [1.54, 1.807) is 0 Å². The number of unbranched alkanes of at least 4 members (excludes halogenated alkanes) is 1. The van der Waals surface area contributed by atoms with E-state index < -0.39 is 0 Å². The molecule has 0 bridgehead atoms. The summed E-state index contributed by atoms with van der Waals surface area (Å²) in [4.78, 5) is 13.5. The van der Waals surface area contributed by atoms with Crippen molar-refractivity contribution >= 4 is 5.97 Å². The lowest BCUT2D eigenvalue weighted by atomic mass is 10.2. The van der Waals surface area contributed by atoms with Crippen LogP contribution in [0.4, 0.5) is 0 Å². The van der Waals surface area contributed by atoms with Crippen LogP contribution in [-0.4, -0.2) is 37.1 Å². The highest BCUT2D eigenvalue weighted by Crippen LogP contribution is 2.14. The summed E-state index contributed by atoms with van der Waals surface area (Å²) < 4.78 is 5.22. The maximum Gasteiger partial charge on any atom is 0.305 e. The summed E-state index contributed by atoms with van der Waals surface area (Å²) >= 11 is 0. The van der Waals surface area contributed by atoms with Crippen molar-refractivity contribution in [1.82, 2.24) is 4.90 Å². The number of hydrogen-bond donors (Lipinski definition) is 0. The van der Waals surface area contributed by atoms with Gasteiger partial charge in [0, 0.05) is 12.5 Å². The fraction of sp³-hybridized carbons (Fsp3) is 0.909. The SMILES string of the molecule is CCCCC(=O)OC[C@H]1CCCN1C. The minimum Gasteiger partial charge on any atom is -0.464 e. The molecular formula is C11H21NO2. The highest BCUT2D eigenvalue weighted by Gasteiger charge is 2.21. The quantitative estimate of drug-likeness (QED) is 0.632. The summed E-state index contributed by atoms with van der Waals surface area (Å²) in [5, 5.41) is 0. The van der Waals surface area contributed by atoms with Gasteiger partial charge in [0.2, 0.25) is 0 Å². The van der Waals surface area contributed by atoms with Crippen LogP contribution in [0.25, 0.3) is 0 Å². The smallest absolute Gasteiger partial charge is 0.305 e. The van der Waals surface area contributed by atoms with Gasteiger partial charge in [-0.2, -0.15) is 0 Å². The van der Waals surface area contributed by atoms with Gasteiger partial charge in [0.1, 0.15) is 6.61 Å². The molecule has 0 aromatic carbocycles. The topological polar surface area (TPSA) is 29.5 Å². The Kier molecular flexibility index (Phi) is 4.94. The Balaban J connectivity index is 2.10. The first kappa shape index (κ1) is 11.5. The van der Waals surface area contributed by atoms with Gasteiger partial charge in [0.15, 0.2) is 0 Å². The molecule has 14 heavy (non-hydrogen) atoms. The average Bonchev–Trinajstić information content (AvgIpc) is 2.58. The van der Waals surface area contributed by atoms with E-state index in [1.807, 2.05) is 0 Å². The van der Waals surface area contributed by atoms with E-state index in [1.165, 1.54) is 6.42 Å². The van der Waals surface area contributed by atoms with Gasteiger partial charge in [-0.3, -0.25) is 4.79 Å². The van der Waals surface area contributed by atoms with Gasteiger partial charge >= 0.3 is 5.97 Å². The molecule has 1 aliphatic heterocycles. The zero-order valence-electron chi connectivity index (χ0n) is 9.29. The van der Waals surface area contributed by atoms with Crippen LogP contribution in [0, 0.1) is 0 Å². The van der Waals surface area contributed by atoms with E-state index in [0.29, 0.717) is 19.1 Å². The molecule has 3 heteroatoms. The van der Waals surface area contributed by atoms with Gasteiger partial charge in [-0.1, -0.05) is 13.3 Å². The first-order valence-electron chi connectivity index (χ1n) is 5.60. The summed E-state index contributed by atoms with van der Waals surface area (Å²) in [7, 11) is 2.09. The number of rotatable bonds is 5. The van der Waals surface area contributed by atoms with Crippen molar-refractivity contribution in [3.05, 3.63) is 0 Å². The molecule has 0 aromatic heterocycles. The second-order valence-corrected chi connectivity index (χ2v) is 4.06. The molecule has 0 aromatic rings. The molecule has 0 spiro atoms. The lowest BCUT2D eigenvalue weighted by Crippen LogP contribution is -2.30. The third kappa shape index (κ3) is 3.66. The molecule has 1 heterocycles. The number of likely N-dealkylation sites (N-methyl/N-ethyl adjacent to an activating group) is 1. The largest absolute Gasteiger partial charge is 0.464 e. The van der Waals surface area contributed by atoms with Crippen molar-refractivity contribution in [2.45, 2.75) is 45.1 Å². The Bertz CT molecular complexity index is 182. The lowest BCUT2D eigenvalue weighted by Gasteiger charge is -2.18. The maximum absolute atomic E-state index is 11.2. The molecule has 3 nitrogen and oxygen atoms in total. The summed E-state index contributed by atoms with van der Waals surface area (Å²) in [6.07, 6.45) is 4.97. The third-order valence-electron chi connectivity index (χ3n) is 2.84. The first-order chi connectivity index (χ1) is 6.74. The van der Waals surface area contributed by atoms with Crippen LogP contribution < -0.4 is 0 Å².